The monoisotopic (exact) mass is 257 g/mol. The van der Waals surface area contributed by atoms with Gasteiger partial charge in [-0.1, -0.05) is 6.92 Å². The molecule has 2 N–H and O–H groups in total. The summed E-state index contributed by atoms with van der Waals surface area (Å²) in [7, 11) is 1.92. The second-order valence-electron chi connectivity index (χ2n) is 5.57. The Hall–Kier alpha value is -0.650. The Kier molecular flexibility index (Phi) is 6.05. The summed E-state index contributed by atoms with van der Waals surface area (Å²) in [5.41, 5.74) is -0.117. The molecule has 1 fully saturated rings. The molecule has 0 aromatic carbocycles. The van der Waals surface area contributed by atoms with Gasteiger partial charge in [-0.05, 0) is 27.3 Å². The largest absolute Gasteiger partial charge is 0.374 e. The van der Waals surface area contributed by atoms with Crippen LogP contribution in [-0.4, -0.2) is 62.3 Å². The van der Waals surface area contributed by atoms with Crippen molar-refractivity contribution in [1.82, 2.24) is 15.5 Å². The van der Waals surface area contributed by atoms with E-state index in [9.17, 15) is 4.79 Å². The molecule has 106 valence electrons. The highest BCUT2D eigenvalue weighted by atomic mass is 16.5. The fourth-order valence-corrected chi connectivity index (χ4v) is 1.98. The van der Waals surface area contributed by atoms with Gasteiger partial charge in [-0.3, -0.25) is 9.69 Å². The van der Waals surface area contributed by atoms with Crippen LogP contribution in [0.1, 0.15) is 27.2 Å². The van der Waals surface area contributed by atoms with Crippen molar-refractivity contribution in [3.05, 3.63) is 0 Å². The lowest BCUT2D eigenvalue weighted by atomic mass is 10.0. The van der Waals surface area contributed by atoms with Gasteiger partial charge in [0.25, 0.3) is 0 Å². The highest BCUT2D eigenvalue weighted by Gasteiger charge is 2.24. The second-order valence-corrected chi connectivity index (χ2v) is 5.57. The van der Waals surface area contributed by atoms with Crippen molar-refractivity contribution in [3.63, 3.8) is 0 Å². The van der Waals surface area contributed by atoms with Crippen LogP contribution in [0.5, 0.6) is 0 Å². The van der Waals surface area contributed by atoms with Gasteiger partial charge in [0.05, 0.1) is 19.3 Å². The maximum absolute atomic E-state index is 11.9. The van der Waals surface area contributed by atoms with Crippen molar-refractivity contribution < 1.29 is 9.53 Å². The summed E-state index contributed by atoms with van der Waals surface area (Å²) in [4.78, 5) is 14.1. The maximum Gasteiger partial charge on any atom is 0.234 e. The van der Waals surface area contributed by atoms with Crippen molar-refractivity contribution >= 4 is 5.91 Å². The number of nitrogens with one attached hydrogen (secondary N) is 2. The Morgan fingerprint density at radius 3 is 2.83 bits per heavy atom. The number of carbonyl (C=O) groups is 1. The van der Waals surface area contributed by atoms with Gasteiger partial charge >= 0.3 is 0 Å². The smallest absolute Gasteiger partial charge is 0.234 e. The van der Waals surface area contributed by atoms with Crippen LogP contribution in [0.2, 0.25) is 0 Å². The molecule has 0 radical (unpaired) electrons. The highest BCUT2D eigenvalue weighted by Crippen LogP contribution is 2.08. The molecular weight excluding hydrogens is 230 g/mol. The topological polar surface area (TPSA) is 53.6 Å². The first-order valence-corrected chi connectivity index (χ1v) is 6.76. The van der Waals surface area contributed by atoms with Gasteiger partial charge in [0.15, 0.2) is 0 Å². The Balaban J connectivity index is 2.35. The summed E-state index contributed by atoms with van der Waals surface area (Å²) in [6.07, 6.45) is 1.13. The van der Waals surface area contributed by atoms with E-state index in [1.54, 1.807) is 0 Å². The number of hydrogen-bond donors (Lipinski definition) is 2. The third-order valence-corrected chi connectivity index (χ3v) is 3.38. The first-order valence-electron chi connectivity index (χ1n) is 6.76. The molecule has 1 heterocycles. The van der Waals surface area contributed by atoms with Gasteiger partial charge < -0.3 is 15.4 Å². The number of rotatable bonds is 6. The minimum atomic E-state index is -0.117. The van der Waals surface area contributed by atoms with Crippen molar-refractivity contribution in [2.45, 2.75) is 38.8 Å². The van der Waals surface area contributed by atoms with Gasteiger partial charge in [-0.2, -0.15) is 0 Å². The zero-order valence-corrected chi connectivity index (χ0v) is 12.1. The predicted molar refractivity (Wildman–Crippen MR) is 72.6 cm³/mol. The van der Waals surface area contributed by atoms with E-state index in [0.717, 1.165) is 26.1 Å². The van der Waals surface area contributed by atoms with Gasteiger partial charge in [0.1, 0.15) is 0 Å². The van der Waals surface area contributed by atoms with Crippen molar-refractivity contribution in [2.24, 2.45) is 0 Å². The van der Waals surface area contributed by atoms with Crippen LogP contribution >= 0.6 is 0 Å². The van der Waals surface area contributed by atoms with Gasteiger partial charge in [-0.25, -0.2) is 0 Å². The van der Waals surface area contributed by atoms with Gasteiger partial charge in [0.2, 0.25) is 5.91 Å². The average molecular weight is 257 g/mol. The molecule has 0 saturated carbocycles. The summed E-state index contributed by atoms with van der Waals surface area (Å²) in [5, 5.41) is 6.17. The van der Waals surface area contributed by atoms with E-state index in [4.69, 9.17) is 4.74 Å². The first-order chi connectivity index (χ1) is 8.46. The van der Waals surface area contributed by atoms with Crippen molar-refractivity contribution in [2.75, 3.05) is 39.8 Å². The maximum atomic E-state index is 11.9. The molecule has 18 heavy (non-hydrogen) atoms. The average Bonchev–Trinajstić information content (AvgIpc) is 2.29. The molecule has 1 saturated heterocycles. The number of hydrogen-bond acceptors (Lipinski definition) is 4. The van der Waals surface area contributed by atoms with Crippen LogP contribution in [-0.2, 0) is 9.53 Å². The van der Waals surface area contributed by atoms with Crippen LogP contribution in [0.3, 0.4) is 0 Å². The molecule has 5 nitrogen and oxygen atoms in total. The molecule has 0 aliphatic carbocycles. The minimum Gasteiger partial charge on any atom is -0.374 e. The third kappa shape index (κ3) is 5.33. The SMILES string of the molecule is CCC(C)(C)NC(=O)CN1CCOC(CNC)C1. The molecule has 1 amide bonds. The quantitative estimate of drug-likeness (QED) is 0.714. The molecule has 0 bridgehead atoms. The Bertz CT molecular complexity index is 267. The van der Waals surface area contributed by atoms with Crippen molar-refractivity contribution in [1.29, 1.82) is 0 Å². The van der Waals surface area contributed by atoms with E-state index in [1.807, 2.05) is 20.9 Å². The zero-order valence-electron chi connectivity index (χ0n) is 12.1. The summed E-state index contributed by atoms with van der Waals surface area (Å²) in [6.45, 7) is 9.84. The van der Waals surface area contributed by atoms with Crippen molar-refractivity contribution in [3.8, 4) is 0 Å². The molecule has 1 rings (SSSR count). The number of morpholine rings is 1. The van der Waals surface area contributed by atoms with Crippen LogP contribution < -0.4 is 10.6 Å². The van der Waals surface area contributed by atoms with Crippen LogP contribution in [0.4, 0.5) is 0 Å². The first kappa shape index (κ1) is 15.4. The molecular formula is C13H27N3O2. The number of nitrogens with zero attached hydrogens (tertiary/aromatic N) is 1. The molecule has 5 heteroatoms. The predicted octanol–water partition coefficient (Wildman–Crippen LogP) is 0.211. The van der Waals surface area contributed by atoms with E-state index in [1.165, 1.54) is 0 Å². The van der Waals surface area contributed by atoms with Crippen LogP contribution in [0.25, 0.3) is 0 Å². The number of carbonyl (C=O) groups excluding carboxylic acids is 1. The highest BCUT2D eigenvalue weighted by molar-refractivity contribution is 5.78. The van der Waals surface area contributed by atoms with E-state index < -0.39 is 0 Å². The van der Waals surface area contributed by atoms with E-state index in [-0.39, 0.29) is 17.6 Å². The van der Waals surface area contributed by atoms with Crippen LogP contribution in [0, 0.1) is 0 Å². The molecule has 0 aromatic rings. The lowest BCUT2D eigenvalue weighted by Gasteiger charge is -2.33. The number of amides is 1. The van der Waals surface area contributed by atoms with E-state index in [0.29, 0.717) is 13.2 Å². The fraction of sp³-hybridized carbons (Fsp3) is 0.923. The van der Waals surface area contributed by atoms with Gasteiger partial charge in [0, 0.05) is 25.2 Å². The van der Waals surface area contributed by atoms with Crippen LogP contribution in [0.15, 0.2) is 0 Å². The van der Waals surface area contributed by atoms with E-state index >= 15 is 0 Å². The summed E-state index contributed by atoms with van der Waals surface area (Å²) in [5.74, 6) is 0.104. The lowest BCUT2D eigenvalue weighted by molar-refractivity contribution is -0.125. The molecule has 1 atom stereocenters. The Morgan fingerprint density at radius 2 is 2.22 bits per heavy atom. The van der Waals surface area contributed by atoms with E-state index in [2.05, 4.69) is 22.5 Å². The lowest BCUT2D eigenvalue weighted by Crippen LogP contribution is -2.52. The third-order valence-electron chi connectivity index (χ3n) is 3.38. The summed E-state index contributed by atoms with van der Waals surface area (Å²) >= 11 is 0. The Morgan fingerprint density at radius 1 is 1.50 bits per heavy atom. The fourth-order valence-electron chi connectivity index (χ4n) is 1.98. The summed E-state index contributed by atoms with van der Waals surface area (Å²) < 4.78 is 5.62. The molecule has 1 aliphatic rings. The Labute approximate surface area is 110 Å². The molecule has 1 unspecified atom stereocenters. The summed E-state index contributed by atoms with van der Waals surface area (Å²) in [6, 6.07) is 0. The standard InChI is InChI=1S/C13H27N3O2/c1-5-13(2,3)15-12(17)10-16-6-7-18-11(9-16)8-14-4/h11,14H,5-10H2,1-4H3,(H,15,17). The number of likely N-dealkylation sites (N-methyl/N-ethyl adjacent to an activating group) is 1. The number of ether oxygens (including phenoxy) is 1. The molecule has 0 spiro atoms. The van der Waals surface area contributed by atoms with Gasteiger partial charge in [-0.15, -0.1) is 0 Å². The molecule has 1 aliphatic heterocycles. The normalized spacial score (nSPS) is 21.9. The zero-order chi connectivity index (χ0) is 13.6. The molecule has 0 aromatic heterocycles. The minimum absolute atomic E-state index is 0.104. The second kappa shape index (κ2) is 7.07.